The Morgan fingerprint density at radius 1 is 1.23 bits per heavy atom. The fraction of sp³-hybridized carbons (Fsp3) is 0.889. The molecule has 0 aromatic rings. The van der Waals surface area contributed by atoms with E-state index < -0.39 is 5.97 Å². The lowest BCUT2D eigenvalue weighted by Crippen LogP contribution is -2.08. The van der Waals surface area contributed by atoms with E-state index in [1.165, 1.54) is 0 Å². The maximum atomic E-state index is 10.1. The summed E-state index contributed by atoms with van der Waals surface area (Å²) in [5, 5.41) is 17.7. The molecule has 0 saturated heterocycles. The Bertz CT molecular complexity index is 139. The number of hydrogen-bond acceptors (Lipinski definition) is 3. The molecule has 4 N–H and O–H groups in total. The Kier molecular flexibility index (Phi) is 7.63. The van der Waals surface area contributed by atoms with Crippen LogP contribution in [0.15, 0.2) is 0 Å². The Labute approximate surface area is 78.7 Å². The Hall–Kier alpha value is -0.610. The lowest BCUT2D eigenvalue weighted by atomic mass is 10.1. The van der Waals surface area contributed by atoms with E-state index >= 15 is 0 Å². The highest BCUT2D eigenvalue weighted by Crippen LogP contribution is 2.07. The topological polar surface area (TPSA) is 83.5 Å². The van der Waals surface area contributed by atoms with Gasteiger partial charge in [-0.15, -0.1) is 0 Å². The number of rotatable bonds is 8. The van der Waals surface area contributed by atoms with Gasteiger partial charge in [-0.25, -0.2) is 0 Å². The lowest BCUT2D eigenvalue weighted by Gasteiger charge is -2.08. The van der Waals surface area contributed by atoms with Crippen molar-refractivity contribution in [3.05, 3.63) is 0 Å². The zero-order chi connectivity index (χ0) is 10.1. The molecule has 0 spiro atoms. The van der Waals surface area contributed by atoms with E-state index in [-0.39, 0.29) is 12.5 Å². The number of aliphatic carboxylic acids is 1. The smallest absolute Gasteiger partial charge is 0.303 e. The van der Waals surface area contributed by atoms with Crippen LogP contribution in [-0.4, -0.2) is 28.8 Å². The molecule has 1 unspecified atom stereocenters. The summed E-state index contributed by atoms with van der Waals surface area (Å²) in [7, 11) is 0. The molecule has 0 bridgehead atoms. The van der Waals surface area contributed by atoms with Gasteiger partial charge in [0.1, 0.15) is 0 Å². The van der Waals surface area contributed by atoms with Crippen molar-refractivity contribution < 1.29 is 15.0 Å². The van der Waals surface area contributed by atoms with Gasteiger partial charge in [-0.1, -0.05) is 0 Å². The van der Waals surface area contributed by atoms with Crippen molar-refractivity contribution >= 4 is 5.97 Å². The fourth-order valence-corrected chi connectivity index (χ4v) is 1.16. The quantitative estimate of drug-likeness (QED) is 0.491. The molecule has 0 fully saturated rings. The average Bonchev–Trinajstić information content (AvgIpc) is 2.04. The maximum absolute atomic E-state index is 10.1. The molecule has 0 aliphatic heterocycles. The van der Waals surface area contributed by atoms with Gasteiger partial charge in [0.25, 0.3) is 0 Å². The van der Waals surface area contributed by atoms with Gasteiger partial charge in [0, 0.05) is 6.42 Å². The maximum Gasteiger partial charge on any atom is 0.303 e. The summed E-state index contributed by atoms with van der Waals surface area (Å²) < 4.78 is 0. The third-order valence-electron chi connectivity index (χ3n) is 1.92. The van der Waals surface area contributed by atoms with Crippen molar-refractivity contribution in [3.63, 3.8) is 0 Å². The Morgan fingerprint density at radius 2 is 1.85 bits per heavy atom. The van der Waals surface area contributed by atoms with Gasteiger partial charge < -0.3 is 15.9 Å². The molecule has 0 rings (SSSR count). The van der Waals surface area contributed by atoms with Crippen LogP contribution in [0.5, 0.6) is 0 Å². The number of nitrogens with two attached hydrogens (primary N) is 1. The van der Waals surface area contributed by atoms with E-state index in [4.69, 9.17) is 10.8 Å². The minimum Gasteiger partial charge on any atom is -0.481 e. The molecule has 13 heavy (non-hydrogen) atoms. The van der Waals surface area contributed by atoms with Crippen molar-refractivity contribution in [2.24, 2.45) is 5.73 Å². The minimum atomic E-state index is -0.797. The van der Waals surface area contributed by atoms with Gasteiger partial charge >= 0.3 is 5.97 Å². The highest BCUT2D eigenvalue weighted by molar-refractivity contribution is 5.66. The zero-order valence-corrected chi connectivity index (χ0v) is 7.91. The molecule has 1 atom stereocenters. The third-order valence-corrected chi connectivity index (χ3v) is 1.92. The first kappa shape index (κ1) is 12.4. The van der Waals surface area contributed by atoms with Crippen LogP contribution < -0.4 is 5.73 Å². The van der Waals surface area contributed by atoms with Crippen LogP contribution in [-0.2, 0) is 4.79 Å². The summed E-state index contributed by atoms with van der Waals surface area (Å²) in [5.74, 6) is -0.797. The number of carboxylic acids is 1. The van der Waals surface area contributed by atoms with Crippen molar-refractivity contribution in [1.29, 1.82) is 0 Å². The molecule has 0 heterocycles. The summed E-state index contributed by atoms with van der Waals surface area (Å²) in [6.45, 7) is 0.655. The van der Waals surface area contributed by atoms with Crippen LogP contribution in [0.2, 0.25) is 0 Å². The van der Waals surface area contributed by atoms with Gasteiger partial charge in [-0.3, -0.25) is 4.79 Å². The van der Waals surface area contributed by atoms with Crippen LogP contribution in [0.1, 0.15) is 38.5 Å². The summed E-state index contributed by atoms with van der Waals surface area (Å²) in [6.07, 6.45) is 3.51. The van der Waals surface area contributed by atoms with Gasteiger partial charge in [-0.05, 0) is 38.6 Å². The number of hydrogen-bond donors (Lipinski definition) is 3. The highest BCUT2D eigenvalue weighted by atomic mass is 16.4. The first-order valence-corrected chi connectivity index (χ1v) is 4.76. The van der Waals surface area contributed by atoms with Crippen molar-refractivity contribution in [3.8, 4) is 0 Å². The molecule has 78 valence electrons. The highest BCUT2D eigenvalue weighted by Gasteiger charge is 2.04. The molecule has 0 amide bonds. The van der Waals surface area contributed by atoms with Crippen molar-refractivity contribution in [2.75, 3.05) is 6.54 Å². The van der Waals surface area contributed by atoms with Crippen LogP contribution in [0, 0.1) is 0 Å². The Balaban J connectivity index is 3.19. The Morgan fingerprint density at radius 3 is 2.38 bits per heavy atom. The SMILES string of the molecule is NCCCCC(O)CCCC(=O)O. The number of carboxylic acid groups (broad SMARTS) is 1. The fourth-order valence-electron chi connectivity index (χ4n) is 1.16. The number of aliphatic hydroxyl groups is 1. The molecule has 0 saturated carbocycles. The molecule has 0 aliphatic rings. The average molecular weight is 189 g/mol. The molecule has 0 aromatic heterocycles. The van der Waals surface area contributed by atoms with E-state index in [0.29, 0.717) is 19.4 Å². The van der Waals surface area contributed by atoms with Crippen LogP contribution in [0.3, 0.4) is 0 Å². The van der Waals surface area contributed by atoms with Gasteiger partial charge in [0.15, 0.2) is 0 Å². The lowest BCUT2D eigenvalue weighted by molar-refractivity contribution is -0.137. The molecule has 0 aliphatic carbocycles. The first-order chi connectivity index (χ1) is 6.16. The van der Waals surface area contributed by atoms with Crippen molar-refractivity contribution in [2.45, 2.75) is 44.6 Å². The van der Waals surface area contributed by atoms with Gasteiger partial charge in [0.2, 0.25) is 0 Å². The predicted octanol–water partition coefficient (Wildman–Crippen LogP) is 0.731. The van der Waals surface area contributed by atoms with Crippen LogP contribution in [0.25, 0.3) is 0 Å². The standard InChI is InChI=1S/C9H19NO3/c10-7-2-1-4-8(11)5-3-6-9(12)13/h8,11H,1-7,10H2,(H,12,13). The molecule has 4 nitrogen and oxygen atoms in total. The van der Waals surface area contributed by atoms with Crippen LogP contribution >= 0.6 is 0 Å². The van der Waals surface area contributed by atoms with Crippen LogP contribution in [0.4, 0.5) is 0 Å². The zero-order valence-electron chi connectivity index (χ0n) is 7.91. The van der Waals surface area contributed by atoms with Gasteiger partial charge in [0.05, 0.1) is 6.10 Å². The summed E-state index contributed by atoms with van der Waals surface area (Å²) in [4.78, 5) is 10.1. The first-order valence-electron chi connectivity index (χ1n) is 4.76. The van der Waals surface area contributed by atoms with E-state index in [0.717, 1.165) is 19.3 Å². The minimum absolute atomic E-state index is 0.147. The second-order valence-corrected chi connectivity index (χ2v) is 3.22. The number of carbonyl (C=O) groups is 1. The normalized spacial score (nSPS) is 12.8. The second-order valence-electron chi connectivity index (χ2n) is 3.22. The summed E-state index contributed by atoms with van der Waals surface area (Å²) in [5.41, 5.74) is 5.30. The second kappa shape index (κ2) is 8.01. The summed E-state index contributed by atoms with van der Waals surface area (Å²) in [6, 6.07) is 0. The molecule has 4 heteroatoms. The third kappa shape index (κ3) is 9.30. The summed E-state index contributed by atoms with van der Waals surface area (Å²) >= 11 is 0. The van der Waals surface area contributed by atoms with E-state index in [2.05, 4.69) is 0 Å². The monoisotopic (exact) mass is 189 g/mol. The predicted molar refractivity (Wildman–Crippen MR) is 50.4 cm³/mol. The number of unbranched alkanes of at least 4 members (excludes halogenated alkanes) is 1. The van der Waals surface area contributed by atoms with E-state index in [1.54, 1.807) is 0 Å². The molecule has 0 aromatic carbocycles. The molecular weight excluding hydrogens is 170 g/mol. The van der Waals surface area contributed by atoms with E-state index in [9.17, 15) is 9.90 Å². The molecular formula is C9H19NO3. The van der Waals surface area contributed by atoms with Crippen molar-refractivity contribution in [1.82, 2.24) is 0 Å². The van der Waals surface area contributed by atoms with E-state index in [1.807, 2.05) is 0 Å². The largest absolute Gasteiger partial charge is 0.481 e. The number of aliphatic hydroxyl groups excluding tert-OH is 1. The van der Waals surface area contributed by atoms with Gasteiger partial charge in [-0.2, -0.15) is 0 Å². The molecule has 0 radical (unpaired) electrons.